The molecule has 30 heavy (non-hydrogen) atoms. The van der Waals surface area contributed by atoms with Crippen LogP contribution in [0.4, 0.5) is 10.1 Å². The highest BCUT2D eigenvalue weighted by Crippen LogP contribution is 2.26. The molecule has 7 heteroatoms. The third-order valence-corrected chi connectivity index (χ3v) is 6.41. The molecule has 1 amide bonds. The number of halogens is 1. The number of alkyl halides is 1. The second kappa shape index (κ2) is 8.57. The van der Waals surface area contributed by atoms with Gasteiger partial charge in [0.1, 0.15) is 6.17 Å². The molecule has 0 saturated carbocycles. The predicted octanol–water partition coefficient (Wildman–Crippen LogP) is 3.30. The van der Waals surface area contributed by atoms with Gasteiger partial charge in [0.05, 0.1) is 36.9 Å². The lowest BCUT2D eigenvalue weighted by molar-refractivity contribution is -0.133. The highest BCUT2D eigenvalue weighted by Gasteiger charge is 2.42. The quantitative estimate of drug-likeness (QED) is 0.776. The fraction of sp³-hybridized carbons (Fsp3) is 0.522. The average Bonchev–Trinajstić information content (AvgIpc) is 3.14. The lowest BCUT2D eigenvalue weighted by Gasteiger charge is -2.37. The molecule has 0 N–H and O–H groups in total. The number of pyridine rings is 1. The number of fused-ring (bicyclic) bond motifs is 1. The normalized spacial score (nSPS) is 22.9. The molecule has 2 aromatic rings. The molecule has 2 saturated heterocycles. The van der Waals surface area contributed by atoms with Gasteiger partial charge in [-0.1, -0.05) is 16.5 Å². The molecule has 1 aromatic carbocycles. The van der Waals surface area contributed by atoms with E-state index < -0.39 is 12.3 Å². The van der Waals surface area contributed by atoms with E-state index in [1.807, 2.05) is 6.20 Å². The van der Waals surface area contributed by atoms with Gasteiger partial charge in [-0.3, -0.25) is 19.6 Å². The summed E-state index contributed by atoms with van der Waals surface area (Å²) in [6.45, 7) is 9.49. The molecular formula is C23H29FN5O+. The van der Waals surface area contributed by atoms with Crippen molar-refractivity contribution >= 4 is 22.5 Å². The first kappa shape index (κ1) is 20.5. The maximum atomic E-state index is 13.6. The number of amides is 1. The molecule has 2 aliphatic rings. The number of aromatic nitrogens is 1. The Hall–Kier alpha value is -2.72. The van der Waals surface area contributed by atoms with Crippen molar-refractivity contribution in [1.29, 1.82) is 0 Å². The summed E-state index contributed by atoms with van der Waals surface area (Å²) in [5.74, 6) is -0.0877. The topological polar surface area (TPSA) is 44.0 Å². The van der Waals surface area contributed by atoms with Crippen molar-refractivity contribution in [3.8, 4) is 6.57 Å². The number of piperidine rings is 1. The van der Waals surface area contributed by atoms with Crippen LogP contribution in [0.25, 0.3) is 15.7 Å². The Morgan fingerprint density at radius 3 is 2.83 bits per heavy atom. The van der Waals surface area contributed by atoms with Gasteiger partial charge in [0, 0.05) is 31.6 Å². The molecule has 6 nitrogen and oxygen atoms in total. The Morgan fingerprint density at radius 2 is 2.10 bits per heavy atom. The van der Waals surface area contributed by atoms with Crippen molar-refractivity contribution in [2.75, 3.05) is 38.1 Å². The summed E-state index contributed by atoms with van der Waals surface area (Å²) in [4.78, 5) is 26.8. The summed E-state index contributed by atoms with van der Waals surface area (Å²) in [7, 11) is 2.11. The van der Waals surface area contributed by atoms with Crippen LogP contribution in [-0.2, 0) is 4.79 Å². The van der Waals surface area contributed by atoms with Crippen LogP contribution in [0.1, 0.15) is 24.8 Å². The van der Waals surface area contributed by atoms with Gasteiger partial charge < -0.3 is 4.90 Å². The minimum Gasteiger partial charge on any atom is -0.370 e. The molecule has 2 aliphatic heterocycles. The molecular weight excluding hydrogens is 381 g/mol. The van der Waals surface area contributed by atoms with Gasteiger partial charge in [0.15, 0.2) is 0 Å². The van der Waals surface area contributed by atoms with Crippen molar-refractivity contribution in [1.82, 2.24) is 14.8 Å². The first-order valence-corrected chi connectivity index (χ1v) is 10.6. The van der Waals surface area contributed by atoms with Crippen molar-refractivity contribution < 1.29 is 9.18 Å². The maximum Gasteiger partial charge on any atom is 0.352 e. The van der Waals surface area contributed by atoms with E-state index in [1.54, 1.807) is 0 Å². The summed E-state index contributed by atoms with van der Waals surface area (Å²) in [5.41, 5.74) is 3.34. The van der Waals surface area contributed by atoms with Crippen LogP contribution < -0.4 is 4.90 Å². The molecule has 3 heterocycles. The van der Waals surface area contributed by atoms with Crippen molar-refractivity contribution in [3.05, 3.63) is 40.9 Å². The number of benzene rings is 1. The number of anilines is 1. The second-order valence-corrected chi connectivity index (χ2v) is 8.52. The molecule has 0 spiro atoms. The molecule has 0 bridgehead atoms. The van der Waals surface area contributed by atoms with Gasteiger partial charge in [-0.15, -0.1) is 0 Å². The van der Waals surface area contributed by atoms with E-state index in [2.05, 4.69) is 57.9 Å². The summed E-state index contributed by atoms with van der Waals surface area (Å²) >= 11 is 0. The molecule has 2 atom stereocenters. The number of nitrogens with zero attached hydrogens (tertiary/aromatic N) is 5. The Balaban J connectivity index is 1.34. The zero-order valence-electron chi connectivity index (χ0n) is 17.7. The second-order valence-electron chi connectivity index (χ2n) is 8.52. The van der Waals surface area contributed by atoms with Gasteiger partial charge in [0.25, 0.3) is 6.57 Å². The smallest absolute Gasteiger partial charge is 0.352 e. The van der Waals surface area contributed by atoms with Crippen LogP contribution in [-0.4, -0.2) is 72.3 Å². The van der Waals surface area contributed by atoms with Crippen LogP contribution in [0.5, 0.6) is 0 Å². The molecule has 158 valence electrons. The number of aryl methyl sites for hydroxylation is 1. The molecule has 2 fully saturated rings. The fourth-order valence-corrected chi connectivity index (χ4v) is 4.56. The van der Waals surface area contributed by atoms with E-state index in [1.165, 1.54) is 10.5 Å². The standard InChI is InChI=1S/C23H29FN5O/c1-16-4-5-21-17(10-16)11-20(13-26-21)27(3)19-6-8-28(9-7-19)15-23(30)29-14-18(24)12-22(29)25-2/h2,4-5,10-11,13,18-19,22H,6-9,12,14-15H2,1,3H3/q+1/t18-,22-/m0/s1. The minimum absolute atomic E-state index is 0.0877. The third kappa shape index (κ3) is 4.24. The van der Waals surface area contributed by atoms with Crippen molar-refractivity contribution in [2.24, 2.45) is 0 Å². The van der Waals surface area contributed by atoms with E-state index in [0.29, 0.717) is 12.6 Å². The highest BCUT2D eigenvalue weighted by molar-refractivity contribution is 5.82. The largest absolute Gasteiger partial charge is 0.370 e. The number of hydrogen-bond acceptors (Lipinski definition) is 4. The van der Waals surface area contributed by atoms with Gasteiger partial charge >= 0.3 is 6.17 Å². The van der Waals surface area contributed by atoms with E-state index in [9.17, 15) is 9.18 Å². The lowest BCUT2D eigenvalue weighted by atomic mass is 10.0. The van der Waals surface area contributed by atoms with Gasteiger partial charge in [-0.2, -0.15) is 0 Å². The SMILES string of the molecule is C#[N+][C@@H]1C[C@H](F)CN1C(=O)CN1CCC(N(C)c2cnc3ccc(C)cc3c2)CC1. The lowest BCUT2D eigenvalue weighted by Crippen LogP contribution is -2.48. The Labute approximate surface area is 177 Å². The van der Waals surface area contributed by atoms with Crippen LogP contribution >= 0.6 is 0 Å². The van der Waals surface area contributed by atoms with E-state index in [-0.39, 0.29) is 18.9 Å². The third-order valence-electron chi connectivity index (χ3n) is 6.41. The fourth-order valence-electron chi connectivity index (χ4n) is 4.56. The van der Waals surface area contributed by atoms with Crippen molar-refractivity contribution in [2.45, 2.75) is 44.6 Å². The molecule has 0 radical (unpaired) electrons. The van der Waals surface area contributed by atoms with Crippen LogP contribution in [0.15, 0.2) is 30.5 Å². The summed E-state index contributed by atoms with van der Waals surface area (Å²) in [6.07, 6.45) is 2.50. The van der Waals surface area contributed by atoms with Crippen molar-refractivity contribution in [3.63, 3.8) is 0 Å². The van der Waals surface area contributed by atoms with E-state index in [4.69, 9.17) is 6.57 Å². The van der Waals surface area contributed by atoms with Crippen LogP contribution in [0.3, 0.4) is 0 Å². The van der Waals surface area contributed by atoms with Gasteiger partial charge in [-0.25, -0.2) is 4.39 Å². The molecule has 1 aromatic heterocycles. The Morgan fingerprint density at radius 1 is 1.33 bits per heavy atom. The minimum atomic E-state index is -1.04. The number of hydrogen-bond donors (Lipinski definition) is 0. The predicted molar refractivity (Wildman–Crippen MR) is 118 cm³/mol. The zero-order chi connectivity index (χ0) is 21.3. The first-order chi connectivity index (χ1) is 14.4. The summed E-state index contributed by atoms with van der Waals surface area (Å²) < 4.78 is 13.6. The average molecular weight is 411 g/mol. The summed E-state index contributed by atoms with van der Waals surface area (Å²) in [5, 5.41) is 1.15. The Kier molecular flexibility index (Phi) is 5.87. The first-order valence-electron chi connectivity index (χ1n) is 10.6. The van der Waals surface area contributed by atoms with Gasteiger partial charge in [0.2, 0.25) is 5.91 Å². The van der Waals surface area contributed by atoms with Crippen LogP contribution in [0, 0.1) is 13.5 Å². The zero-order valence-corrected chi connectivity index (χ0v) is 17.7. The Bertz CT molecular complexity index is 966. The molecule has 0 aliphatic carbocycles. The number of carbonyl (C=O) groups excluding carboxylic acids is 1. The molecule has 0 unspecified atom stereocenters. The van der Waals surface area contributed by atoms with Crippen LogP contribution in [0.2, 0.25) is 0 Å². The van der Waals surface area contributed by atoms with E-state index >= 15 is 0 Å². The summed E-state index contributed by atoms with van der Waals surface area (Å²) in [6, 6.07) is 8.89. The highest BCUT2D eigenvalue weighted by atomic mass is 19.1. The number of rotatable bonds is 4. The number of carbonyl (C=O) groups is 1. The maximum absolute atomic E-state index is 13.6. The van der Waals surface area contributed by atoms with Gasteiger partial charge in [-0.05, 0) is 38.0 Å². The van der Waals surface area contributed by atoms with E-state index in [0.717, 1.165) is 42.5 Å². The number of likely N-dealkylation sites (tertiary alicyclic amines) is 2. The monoisotopic (exact) mass is 410 g/mol. The molecule has 4 rings (SSSR count).